The minimum absolute atomic E-state index is 0.632. The van der Waals surface area contributed by atoms with Crippen molar-refractivity contribution in [2.45, 2.75) is 0 Å². The summed E-state index contributed by atoms with van der Waals surface area (Å²) in [4.78, 5) is 15.7. The molecule has 0 N–H and O–H groups in total. The lowest BCUT2D eigenvalue weighted by Gasteiger charge is -2.13. The number of pyridine rings is 1. The van der Waals surface area contributed by atoms with Crippen molar-refractivity contribution in [2.75, 3.05) is 0 Å². The molecule has 0 aliphatic carbocycles. The summed E-state index contributed by atoms with van der Waals surface area (Å²) >= 11 is 0. The number of nitrogens with zero attached hydrogens (tertiary/aromatic N) is 3. The van der Waals surface area contributed by atoms with Crippen LogP contribution in [0.15, 0.2) is 173 Å². The van der Waals surface area contributed by atoms with Gasteiger partial charge in [-0.05, 0) is 60.7 Å². The molecule has 0 unspecified atom stereocenters. The van der Waals surface area contributed by atoms with Crippen LogP contribution >= 0.6 is 0 Å². The van der Waals surface area contributed by atoms with Crippen LogP contribution < -0.4 is 0 Å². The lowest BCUT2D eigenvalue weighted by Crippen LogP contribution is -1.97. The van der Waals surface area contributed by atoms with Gasteiger partial charge in [0.15, 0.2) is 5.82 Å². The van der Waals surface area contributed by atoms with Crippen molar-refractivity contribution < 1.29 is 8.83 Å². The fourth-order valence-electron chi connectivity index (χ4n) is 7.63. The molecule has 0 fully saturated rings. The number of hydrogen-bond donors (Lipinski definition) is 0. The van der Waals surface area contributed by atoms with Gasteiger partial charge in [-0.3, -0.25) is 0 Å². The predicted molar refractivity (Wildman–Crippen MR) is 211 cm³/mol. The quantitative estimate of drug-likeness (QED) is 0.175. The minimum atomic E-state index is 0.632. The number of hydrogen-bond acceptors (Lipinski definition) is 5. The molecule has 5 nitrogen and oxygen atoms in total. The van der Waals surface area contributed by atoms with Crippen LogP contribution in [-0.4, -0.2) is 15.0 Å². The van der Waals surface area contributed by atoms with Gasteiger partial charge in [0, 0.05) is 60.0 Å². The molecule has 7 aromatic carbocycles. The van der Waals surface area contributed by atoms with Crippen LogP contribution in [-0.2, 0) is 0 Å². The van der Waals surface area contributed by atoms with Gasteiger partial charge in [0.2, 0.25) is 0 Å². The molecule has 0 atom stereocenters. The highest BCUT2D eigenvalue weighted by Gasteiger charge is 2.19. The molecule has 0 saturated carbocycles. The standard InChI is InChI=1S/C47H27N3O2/c1-3-11-28(12-4-1)38-27-39(30-19-21-33-32-15-7-9-17-40(32)52-43(33)26-30)50-47(49-38)31-20-23-37-36(25-31)44-35(46(48-37)29-13-5-2-6-14-29)22-24-42-45(44)34-16-8-10-18-41(34)51-42/h1-27H. The number of furan rings is 2. The van der Waals surface area contributed by atoms with E-state index < -0.39 is 0 Å². The van der Waals surface area contributed by atoms with Gasteiger partial charge >= 0.3 is 0 Å². The van der Waals surface area contributed by atoms with Gasteiger partial charge in [-0.15, -0.1) is 0 Å². The summed E-state index contributed by atoms with van der Waals surface area (Å²) in [5, 5.41) is 7.52. The van der Waals surface area contributed by atoms with E-state index in [1.807, 2.05) is 54.6 Å². The molecule has 4 aromatic heterocycles. The molecule has 0 aliphatic rings. The van der Waals surface area contributed by atoms with Crippen molar-refractivity contribution in [1.29, 1.82) is 0 Å². The lowest BCUT2D eigenvalue weighted by molar-refractivity contribution is 0.668. The van der Waals surface area contributed by atoms with Crippen molar-refractivity contribution in [2.24, 2.45) is 0 Å². The molecular weight excluding hydrogens is 639 g/mol. The van der Waals surface area contributed by atoms with Crippen molar-refractivity contribution in [3.63, 3.8) is 0 Å². The second kappa shape index (κ2) is 11.2. The molecule has 0 bridgehead atoms. The highest BCUT2D eigenvalue weighted by Crippen LogP contribution is 2.42. The van der Waals surface area contributed by atoms with Gasteiger partial charge in [0.25, 0.3) is 0 Å². The molecule has 0 amide bonds. The average Bonchev–Trinajstić information content (AvgIpc) is 3.79. The number of rotatable bonds is 4. The molecule has 5 heteroatoms. The Labute approximate surface area is 297 Å². The topological polar surface area (TPSA) is 65.0 Å². The van der Waals surface area contributed by atoms with Gasteiger partial charge in [0.05, 0.1) is 22.6 Å². The SMILES string of the molecule is c1ccc(-c2cc(-c3ccc4c(c3)oc3ccccc34)nc(-c3ccc4nc(-c5ccccc5)c5ccc6oc7ccccc7c6c5c4c3)n2)cc1. The van der Waals surface area contributed by atoms with Crippen LogP contribution in [0.4, 0.5) is 0 Å². The Morgan fingerprint density at radius 2 is 0.942 bits per heavy atom. The van der Waals surface area contributed by atoms with E-state index in [2.05, 4.69) is 109 Å². The van der Waals surface area contributed by atoms with E-state index in [1.54, 1.807) is 0 Å². The zero-order valence-corrected chi connectivity index (χ0v) is 27.7. The maximum atomic E-state index is 6.40. The average molecular weight is 666 g/mol. The molecule has 0 saturated heterocycles. The molecule has 242 valence electrons. The highest BCUT2D eigenvalue weighted by atomic mass is 16.3. The number of fused-ring (bicyclic) bond motifs is 10. The number of para-hydroxylation sites is 2. The van der Waals surface area contributed by atoms with Crippen LogP contribution in [0.5, 0.6) is 0 Å². The maximum absolute atomic E-state index is 6.40. The maximum Gasteiger partial charge on any atom is 0.160 e. The van der Waals surface area contributed by atoms with Gasteiger partial charge in [-0.1, -0.05) is 103 Å². The van der Waals surface area contributed by atoms with E-state index in [1.165, 1.54) is 0 Å². The van der Waals surface area contributed by atoms with Crippen LogP contribution in [0.3, 0.4) is 0 Å². The van der Waals surface area contributed by atoms with Gasteiger partial charge in [0.1, 0.15) is 22.3 Å². The third kappa shape index (κ3) is 4.46. The first kappa shape index (κ1) is 28.7. The van der Waals surface area contributed by atoms with E-state index in [0.29, 0.717) is 5.82 Å². The monoisotopic (exact) mass is 665 g/mol. The van der Waals surface area contributed by atoms with E-state index >= 15 is 0 Å². The Morgan fingerprint density at radius 1 is 0.327 bits per heavy atom. The molecular formula is C47H27N3O2. The summed E-state index contributed by atoms with van der Waals surface area (Å²) in [7, 11) is 0. The second-order valence-electron chi connectivity index (χ2n) is 13.2. The molecule has 0 aliphatic heterocycles. The Balaban J connectivity index is 1.18. The van der Waals surface area contributed by atoms with Crippen LogP contribution in [0.25, 0.3) is 111 Å². The summed E-state index contributed by atoms with van der Waals surface area (Å²) in [6.45, 7) is 0. The summed E-state index contributed by atoms with van der Waals surface area (Å²) < 4.78 is 12.7. The minimum Gasteiger partial charge on any atom is -0.456 e. The molecule has 52 heavy (non-hydrogen) atoms. The molecule has 4 heterocycles. The first-order valence-electron chi connectivity index (χ1n) is 17.3. The molecule has 0 spiro atoms. The van der Waals surface area contributed by atoms with Crippen molar-refractivity contribution in [1.82, 2.24) is 15.0 Å². The fourth-order valence-corrected chi connectivity index (χ4v) is 7.63. The summed E-state index contributed by atoms with van der Waals surface area (Å²) in [6, 6.07) is 56.0. The Bertz CT molecular complexity index is 3180. The second-order valence-corrected chi connectivity index (χ2v) is 13.2. The molecule has 11 rings (SSSR count). The molecule has 11 aromatic rings. The zero-order chi connectivity index (χ0) is 34.2. The van der Waals surface area contributed by atoms with E-state index in [0.717, 1.165) is 105 Å². The van der Waals surface area contributed by atoms with Gasteiger partial charge in [-0.2, -0.15) is 0 Å². The normalized spacial score (nSPS) is 11.8. The fraction of sp³-hybridized carbons (Fsp3) is 0. The van der Waals surface area contributed by atoms with Crippen molar-refractivity contribution >= 4 is 65.6 Å². The predicted octanol–water partition coefficient (Wildman–Crippen LogP) is 12.6. The lowest BCUT2D eigenvalue weighted by atomic mass is 9.95. The number of aromatic nitrogens is 3. The van der Waals surface area contributed by atoms with Gasteiger partial charge < -0.3 is 8.83 Å². The molecule has 0 radical (unpaired) electrons. The third-order valence-electron chi connectivity index (χ3n) is 10.1. The van der Waals surface area contributed by atoms with Crippen LogP contribution in [0.1, 0.15) is 0 Å². The van der Waals surface area contributed by atoms with Crippen molar-refractivity contribution in [3.05, 3.63) is 164 Å². The summed E-state index contributed by atoms with van der Waals surface area (Å²) in [5.74, 6) is 0.632. The summed E-state index contributed by atoms with van der Waals surface area (Å²) in [6.07, 6.45) is 0. The van der Waals surface area contributed by atoms with Crippen LogP contribution in [0.2, 0.25) is 0 Å². The third-order valence-corrected chi connectivity index (χ3v) is 10.1. The Morgan fingerprint density at radius 3 is 1.75 bits per heavy atom. The summed E-state index contributed by atoms with van der Waals surface area (Å²) in [5.41, 5.74) is 10.8. The van der Waals surface area contributed by atoms with Crippen molar-refractivity contribution in [3.8, 4) is 45.2 Å². The van der Waals surface area contributed by atoms with E-state index in [9.17, 15) is 0 Å². The van der Waals surface area contributed by atoms with Crippen LogP contribution in [0, 0.1) is 0 Å². The first-order valence-corrected chi connectivity index (χ1v) is 17.3. The first-order chi connectivity index (χ1) is 25.7. The smallest absolute Gasteiger partial charge is 0.160 e. The Kier molecular flexibility index (Phi) is 6.18. The number of benzene rings is 7. The Hall–Kier alpha value is -7.11. The highest BCUT2D eigenvalue weighted by molar-refractivity contribution is 6.28. The largest absolute Gasteiger partial charge is 0.456 e. The van der Waals surface area contributed by atoms with E-state index in [4.69, 9.17) is 23.8 Å². The zero-order valence-electron chi connectivity index (χ0n) is 27.7. The van der Waals surface area contributed by atoms with Gasteiger partial charge in [-0.25, -0.2) is 15.0 Å². The van der Waals surface area contributed by atoms with E-state index in [-0.39, 0.29) is 0 Å².